The third kappa shape index (κ3) is 2.26. The van der Waals surface area contributed by atoms with Gasteiger partial charge in [0.15, 0.2) is 0 Å². The number of carbonyl (C=O) groups is 1. The maximum atomic E-state index is 12.0. The number of carbonyl (C=O) groups excluding carboxylic acids is 1. The number of nitrogens with zero attached hydrogens (tertiary/aromatic N) is 2. The lowest BCUT2D eigenvalue weighted by Gasteiger charge is -2.20. The average Bonchev–Trinajstić information content (AvgIpc) is 2.87. The quantitative estimate of drug-likeness (QED) is 0.733. The smallest absolute Gasteiger partial charge is 0.420 e. The first-order valence-electron chi connectivity index (χ1n) is 5.66. The summed E-state index contributed by atoms with van der Waals surface area (Å²) in [6, 6.07) is 0. The zero-order valence-corrected chi connectivity index (χ0v) is 10.3. The Morgan fingerprint density at radius 1 is 1.50 bits per heavy atom. The van der Waals surface area contributed by atoms with Gasteiger partial charge in [-0.25, -0.2) is 14.3 Å². The van der Waals surface area contributed by atoms with Gasteiger partial charge in [0.05, 0.1) is 0 Å². The number of rotatable bonds is 1. The molecule has 2 rings (SSSR count). The molecule has 0 atom stereocenters. The Kier molecular flexibility index (Phi) is 2.52. The van der Waals surface area contributed by atoms with Crippen molar-refractivity contribution in [3.8, 4) is 0 Å². The van der Waals surface area contributed by atoms with Gasteiger partial charge in [-0.05, 0) is 40.5 Å². The fourth-order valence-electron chi connectivity index (χ4n) is 1.63. The molecule has 1 saturated carbocycles. The highest BCUT2D eigenvalue weighted by Gasteiger charge is 2.32. The number of hydrogen-bond donors (Lipinski definition) is 0. The topological polar surface area (TPSA) is 44.1 Å². The number of hydrogen-bond acceptors (Lipinski definition) is 3. The lowest BCUT2D eigenvalue weighted by Crippen LogP contribution is -2.28. The van der Waals surface area contributed by atoms with Crippen LogP contribution in [0.3, 0.4) is 0 Å². The van der Waals surface area contributed by atoms with Gasteiger partial charge in [0.25, 0.3) is 0 Å². The molecule has 0 unspecified atom stereocenters. The van der Waals surface area contributed by atoms with E-state index < -0.39 is 5.60 Å². The highest BCUT2D eigenvalue weighted by atomic mass is 16.6. The van der Waals surface area contributed by atoms with E-state index >= 15 is 0 Å². The molecule has 1 fully saturated rings. The molecule has 0 amide bonds. The minimum Gasteiger partial charge on any atom is -0.443 e. The second kappa shape index (κ2) is 3.61. The Morgan fingerprint density at radius 3 is 2.62 bits per heavy atom. The molecule has 0 radical (unpaired) electrons. The van der Waals surface area contributed by atoms with E-state index in [9.17, 15) is 4.79 Å². The average molecular weight is 222 g/mol. The largest absolute Gasteiger partial charge is 0.443 e. The first-order chi connectivity index (χ1) is 7.38. The summed E-state index contributed by atoms with van der Waals surface area (Å²) in [5.74, 6) is 1.30. The van der Waals surface area contributed by atoms with Gasteiger partial charge >= 0.3 is 6.09 Å². The highest BCUT2D eigenvalue weighted by molar-refractivity contribution is 5.72. The van der Waals surface area contributed by atoms with Crippen LogP contribution in [0.25, 0.3) is 0 Å². The minimum absolute atomic E-state index is 0.315. The van der Waals surface area contributed by atoms with Gasteiger partial charge in [-0.1, -0.05) is 0 Å². The number of aryl methyl sites for hydroxylation is 1. The van der Waals surface area contributed by atoms with Gasteiger partial charge in [0, 0.05) is 17.8 Å². The molecule has 4 nitrogen and oxygen atoms in total. The van der Waals surface area contributed by atoms with Crippen molar-refractivity contribution in [2.75, 3.05) is 0 Å². The van der Waals surface area contributed by atoms with E-state index in [0.717, 1.165) is 24.4 Å². The van der Waals surface area contributed by atoms with E-state index in [1.165, 1.54) is 0 Å². The predicted molar refractivity (Wildman–Crippen MR) is 60.6 cm³/mol. The molecule has 1 aromatic rings. The Balaban J connectivity index is 2.25. The van der Waals surface area contributed by atoms with Crippen LogP contribution in [0.2, 0.25) is 0 Å². The summed E-state index contributed by atoms with van der Waals surface area (Å²) in [6.45, 7) is 7.48. The molecule has 1 aromatic heterocycles. The Morgan fingerprint density at radius 2 is 2.12 bits per heavy atom. The molecule has 16 heavy (non-hydrogen) atoms. The fourth-order valence-corrected chi connectivity index (χ4v) is 1.63. The minimum atomic E-state index is -0.464. The first-order valence-corrected chi connectivity index (χ1v) is 5.66. The molecule has 1 aliphatic carbocycles. The van der Waals surface area contributed by atoms with Gasteiger partial charge < -0.3 is 4.74 Å². The second-order valence-corrected chi connectivity index (χ2v) is 5.35. The van der Waals surface area contributed by atoms with Crippen LogP contribution in [-0.2, 0) is 4.74 Å². The van der Waals surface area contributed by atoms with E-state index in [2.05, 4.69) is 4.98 Å². The highest BCUT2D eigenvalue weighted by Crippen LogP contribution is 2.39. The van der Waals surface area contributed by atoms with E-state index in [4.69, 9.17) is 4.74 Å². The maximum Gasteiger partial charge on any atom is 0.420 e. The molecule has 0 bridgehead atoms. The molecule has 88 valence electrons. The van der Waals surface area contributed by atoms with Crippen LogP contribution in [0.1, 0.15) is 51.0 Å². The van der Waals surface area contributed by atoms with E-state index in [1.807, 2.05) is 27.7 Å². The van der Waals surface area contributed by atoms with Crippen molar-refractivity contribution in [2.24, 2.45) is 0 Å². The van der Waals surface area contributed by atoms with Crippen LogP contribution in [0.4, 0.5) is 4.79 Å². The molecule has 0 aliphatic heterocycles. The summed E-state index contributed by atoms with van der Waals surface area (Å²) in [7, 11) is 0. The van der Waals surface area contributed by atoms with Gasteiger partial charge in [-0.2, -0.15) is 0 Å². The summed E-state index contributed by atoms with van der Waals surface area (Å²) < 4.78 is 6.97. The molecule has 0 N–H and O–H groups in total. The van der Waals surface area contributed by atoms with Crippen molar-refractivity contribution in [1.29, 1.82) is 0 Å². The number of ether oxygens (including phenoxy) is 1. The molecular weight excluding hydrogens is 204 g/mol. The lowest BCUT2D eigenvalue weighted by atomic mass is 10.2. The maximum absolute atomic E-state index is 12.0. The van der Waals surface area contributed by atoms with Crippen molar-refractivity contribution in [2.45, 2.75) is 52.1 Å². The summed E-state index contributed by atoms with van der Waals surface area (Å²) in [4.78, 5) is 16.3. The SMILES string of the molecule is Cc1cnc(C2CC2)n1C(=O)OC(C)(C)C. The summed E-state index contributed by atoms with van der Waals surface area (Å²) in [5, 5.41) is 0. The summed E-state index contributed by atoms with van der Waals surface area (Å²) in [5.41, 5.74) is 0.380. The summed E-state index contributed by atoms with van der Waals surface area (Å²) >= 11 is 0. The molecule has 0 saturated heterocycles. The standard InChI is InChI=1S/C12H18N2O2/c1-8-7-13-10(9-5-6-9)14(8)11(15)16-12(2,3)4/h7,9H,5-6H2,1-4H3. The Labute approximate surface area is 95.6 Å². The van der Waals surface area contributed by atoms with Gasteiger partial charge in [-0.3, -0.25) is 0 Å². The third-order valence-corrected chi connectivity index (χ3v) is 2.48. The first kappa shape index (κ1) is 11.2. The van der Waals surface area contributed by atoms with Gasteiger partial charge in [0.1, 0.15) is 11.4 Å². The zero-order valence-electron chi connectivity index (χ0n) is 10.3. The third-order valence-electron chi connectivity index (χ3n) is 2.48. The number of aromatic nitrogens is 2. The lowest BCUT2D eigenvalue weighted by molar-refractivity contribution is 0.0529. The van der Waals surface area contributed by atoms with Crippen molar-refractivity contribution in [3.05, 3.63) is 17.7 Å². The van der Waals surface area contributed by atoms with Gasteiger partial charge in [0.2, 0.25) is 0 Å². The zero-order chi connectivity index (χ0) is 11.9. The van der Waals surface area contributed by atoms with Crippen molar-refractivity contribution in [1.82, 2.24) is 9.55 Å². The monoisotopic (exact) mass is 222 g/mol. The van der Waals surface area contributed by atoms with E-state index in [-0.39, 0.29) is 6.09 Å². The van der Waals surface area contributed by atoms with Crippen molar-refractivity contribution >= 4 is 6.09 Å². The second-order valence-electron chi connectivity index (χ2n) is 5.35. The predicted octanol–water partition coefficient (Wildman–Crippen LogP) is 2.85. The molecule has 0 aromatic carbocycles. The van der Waals surface area contributed by atoms with Crippen LogP contribution in [0.5, 0.6) is 0 Å². The molecule has 4 heteroatoms. The molecule has 1 heterocycles. The fraction of sp³-hybridized carbons (Fsp3) is 0.667. The van der Waals surface area contributed by atoms with Crippen LogP contribution in [-0.4, -0.2) is 21.2 Å². The van der Waals surface area contributed by atoms with E-state index in [1.54, 1.807) is 10.8 Å². The Bertz CT molecular complexity index is 411. The van der Waals surface area contributed by atoms with Crippen LogP contribution in [0.15, 0.2) is 6.20 Å². The van der Waals surface area contributed by atoms with Crippen molar-refractivity contribution in [3.63, 3.8) is 0 Å². The normalized spacial score (nSPS) is 16.2. The van der Waals surface area contributed by atoms with Crippen LogP contribution >= 0.6 is 0 Å². The molecular formula is C12H18N2O2. The van der Waals surface area contributed by atoms with Crippen molar-refractivity contribution < 1.29 is 9.53 Å². The Hall–Kier alpha value is -1.32. The van der Waals surface area contributed by atoms with Crippen LogP contribution < -0.4 is 0 Å². The number of imidazole rings is 1. The van der Waals surface area contributed by atoms with Gasteiger partial charge in [-0.15, -0.1) is 0 Å². The van der Waals surface area contributed by atoms with E-state index in [0.29, 0.717) is 5.92 Å². The summed E-state index contributed by atoms with van der Waals surface area (Å²) in [6.07, 6.45) is 3.67. The molecule has 1 aliphatic rings. The molecule has 0 spiro atoms. The van der Waals surface area contributed by atoms with Crippen LogP contribution in [0, 0.1) is 6.92 Å².